The van der Waals surface area contributed by atoms with Crippen LogP contribution >= 0.6 is 11.3 Å². The first-order chi connectivity index (χ1) is 18.1. The van der Waals surface area contributed by atoms with E-state index in [1.807, 2.05) is 44.2 Å². The van der Waals surface area contributed by atoms with Gasteiger partial charge in [0, 0.05) is 32.4 Å². The van der Waals surface area contributed by atoms with Gasteiger partial charge in [-0.1, -0.05) is 57.5 Å². The van der Waals surface area contributed by atoms with Crippen LogP contribution in [0.5, 0.6) is 0 Å². The average molecular weight is 560 g/mol. The van der Waals surface area contributed by atoms with Crippen LogP contribution in [-0.4, -0.2) is 59.7 Å². The SMILES string of the molecule is CCC(=O)CCC(=O)NC(Cc1ccccc1)C(O)CN(CC(C)CC)S(=O)(=O)c1ccc2ncsc2c1. The number of carbonyl (C=O) groups is 2. The fraction of sp³-hybridized carbons (Fsp3) is 0.464. The first-order valence-corrected chi connectivity index (χ1v) is 15.3. The largest absolute Gasteiger partial charge is 0.390 e. The van der Waals surface area contributed by atoms with Crippen LogP contribution in [0, 0.1) is 5.92 Å². The molecule has 0 aliphatic heterocycles. The standard InChI is InChI=1S/C28H37N3O5S2/c1-4-20(3)17-31(38(35,36)23-12-13-24-27(16-23)37-19-29-24)18-26(33)25(15-21-9-7-6-8-10-21)30-28(34)14-11-22(32)5-2/h6-10,12-13,16,19-20,25-26,33H,4-5,11,14-15,17-18H2,1-3H3,(H,30,34). The van der Waals surface area contributed by atoms with Gasteiger partial charge in [-0.05, 0) is 36.1 Å². The number of rotatable bonds is 15. The van der Waals surface area contributed by atoms with Gasteiger partial charge in [0.25, 0.3) is 0 Å². The second-order valence-electron chi connectivity index (χ2n) is 9.64. The number of fused-ring (bicyclic) bond motifs is 1. The van der Waals surface area contributed by atoms with Crippen LogP contribution in [0.1, 0.15) is 52.0 Å². The van der Waals surface area contributed by atoms with Gasteiger partial charge in [0.15, 0.2) is 0 Å². The summed E-state index contributed by atoms with van der Waals surface area (Å²) < 4.78 is 29.6. The lowest BCUT2D eigenvalue weighted by Crippen LogP contribution is -2.51. The van der Waals surface area contributed by atoms with Crippen LogP contribution in [0.4, 0.5) is 0 Å². The van der Waals surface area contributed by atoms with Gasteiger partial charge in [-0.15, -0.1) is 11.3 Å². The maximum atomic E-state index is 13.8. The Morgan fingerprint density at radius 1 is 1.08 bits per heavy atom. The lowest BCUT2D eigenvalue weighted by molar-refractivity contribution is -0.126. The minimum atomic E-state index is -3.94. The summed E-state index contributed by atoms with van der Waals surface area (Å²) in [6.45, 7) is 5.76. The molecule has 0 aliphatic rings. The number of sulfonamides is 1. The summed E-state index contributed by atoms with van der Waals surface area (Å²) >= 11 is 1.37. The molecular formula is C28H37N3O5S2. The number of thiazole rings is 1. The molecule has 1 amide bonds. The first-order valence-electron chi connectivity index (χ1n) is 13.0. The molecule has 3 atom stereocenters. The molecule has 1 heterocycles. The zero-order valence-corrected chi connectivity index (χ0v) is 23.8. The second-order valence-corrected chi connectivity index (χ2v) is 12.5. The number of hydrogen-bond donors (Lipinski definition) is 2. The van der Waals surface area contributed by atoms with E-state index < -0.39 is 22.2 Å². The van der Waals surface area contributed by atoms with Gasteiger partial charge in [0.05, 0.1) is 32.8 Å². The molecule has 3 rings (SSSR count). The number of hydrogen-bond acceptors (Lipinski definition) is 7. The molecule has 0 bridgehead atoms. The summed E-state index contributed by atoms with van der Waals surface area (Å²) in [4.78, 5) is 28.8. The highest BCUT2D eigenvalue weighted by atomic mass is 32.2. The highest BCUT2D eigenvalue weighted by Crippen LogP contribution is 2.25. The highest BCUT2D eigenvalue weighted by Gasteiger charge is 2.32. The minimum Gasteiger partial charge on any atom is -0.390 e. The van der Waals surface area contributed by atoms with Crippen molar-refractivity contribution >= 4 is 43.3 Å². The molecule has 0 spiro atoms. The summed E-state index contributed by atoms with van der Waals surface area (Å²) in [5, 5.41) is 14.2. The first kappa shape index (κ1) is 29.9. The van der Waals surface area contributed by atoms with Crippen LogP contribution in [-0.2, 0) is 26.0 Å². The van der Waals surface area contributed by atoms with Gasteiger partial charge < -0.3 is 10.4 Å². The van der Waals surface area contributed by atoms with Gasteiger partial charge in [0.2, 0.25) is 15.9 Å². The number of aromatic nitrogens is 1. The van der Waals surface area contributed by atoms with Gasteiger partial charge in [-0.25, -0.2) is 13.4 Å². The Balaban J connectivity index is 1.86. The highest BCUT2D eigenvalue weighted by molar-refractivity contribution is 7.89. The van der Waals surface area contributed by atoms with Gasteiger partial charge in [0.1, 0.15) is 5.78 Å². The fourth-order valence-corrected chi connectivity index (χ4v) is 6.48. The van der Waals surface area contributed by atoms with E-state index in [-0.39, 0.29) is 48.4 Å². The monoisotopic (exact) mass is 559 g/mol. The van der Waals surface area contributed by atoms with Crippen LogP contribution in [0.25, 0.3) is 10.2 Å². The molecule has 0 fully saturated rings. The van der Waals surface area contributed by atoms with Gasteiger partial charge in [-0.2, -0.15) is 4.31 Å². The maximum absolute atomic E-state index is 13.8. The third-order valence-electron chi connectivity index (χ3n) is 6.68. The molecule has 10 heteroatoms. The van der Waals surface area contributed by atoms with Crippen molar-refractivity contribution < 1.29 is 23.1 Å². The second kappa shape index (κ2) is 13.9. The lowest BCUT2D eigenvalue weighted by atomic mass is 10.00. The lowest BCUT2D eigenvalue weighted by Gasteiger charge is -2.31. The quantitative estimate of drug-likeness (QED) is 0.289. The van der Waals surface area contributed by atoms with Crippen LogP contribution < -0.4 is 5.32 Å². The van der Waals surface area contributed by atoms with Crippen molar-refractivity contribution in [3.63, 3.8) is 0 Å². The van der Waals surface area contributed by atoms with E-state index in [0.29, 0.717) is 12.8 Å². The fourth-order valence-electron chi connectivity index (χ4n) is 4.09. The molecule has 2 N–H and O–H groups in total. The molecular weight excluding hydrogens is 522 g/mol. The zero-order chi connectivity index (χ0) is 27.7. The Morgan fingerprint density at radius 3 is 2.50 bits per heavy atom. The molecule has 0 saturated heterocycles. The predicted molar refractivity (Wildman–Crippen MR) is 150 cm³/mol. The Morgan fingerprint density at radius 2 is 1.82 bits per heavy atom. The van der Waals surface area contributed by atoms with Crippen molar-refractivity contribution in [3.8, 4) is 0 Å². The molecule has 206 valence electrons. The Labute approximate surface area is 229 Å². The number of carbonyl (C=O) groups excluding carboxylic acids is 2. The molecule has 0 aliphatic carbocycles. The van der Waals surface area contributed by atoms with E-state index >= 15 is 0 Å². The maximum Gasteiger partial charge on any atom is 0.243 e. The Hall–Kier alpha value is -2.66. The summed E-state index contributed by atoms with van der Waals surface area (Å²) in [7, 11) is -3.94. The van der Waals surface area contributed by atoms with E-state index in [1.165, 1.54) is 15.6 Å². The molecule has 0 saturated carbocycles. The van der Waals surface area contributed by atoms with Crippen LogP contribution in [0.3, 0.4) is 0 Å². The van der Waals surface area contributed by atoms with Crippen molar-refractivity contribution in [1.82, 2.24) is 14.6 Å². The van der Waals surface area contributed by atoms with Crippen LogP contribution in [0.15, 0.2) is 58.9 Å². The van der Waals surface area contributed by atoms with Crippen molar-refractivity contribution in [2.75, 3.05) is 13.1 Å². The van der Waals surface area contributed by atoms with Gasteiger partial charge in [-0.3, -0.25) is 9.59 Å². The average Bonchev–Trinajstić information content (AvgIpc) is 3.39. The van der Waals surface area contributed by atoms with Gasteiger partial charge >= 0.3 is 0 Å². The Bertz CT molecular complexity index is 1310. The predicted octanol–water partition coefficient (Wildman–Crippen LogP) is 4.18. The smallest absolute Gasteiger partial charge is 0.243 e. The van der Waals surface area contributed by atoms with E-state index in [0.717, 1.165) is 22.2 Å². The zero-order valence-electron chi connectivity index (χ0n) is 22.2. The van der Waals surface area contributed by atoms with Crippen molar-refractivity contribution in [3.05, 3.63) is 59.6 Å². The number of amides is 1. The van der Waals surface area contributed by atoms with E-state index in [1.54, 1.807) is 30.6 Å². The third kappa shape index (κ3) is 8.17. The molecule has 38 heavy (non-hydrogen) atoms. The number of nitrogens with one attached hydrogen (secondary N) is 1. The number of aliphatic hydroxyl groups is 1. The van der Waals surface area contributed by atoms with Crippen molar-refractivity contribution in [1.29, 1.82) is 0 Å². The number of nitrogens with zero attached hydrogens (tertiary/aromatic N) is 2. The molecule has 1 aromatic heterocycles. The third-order valence-corrected chi connectivity index (χ3v) is 9.30. The summed E-state index contributed by atoms with van der Waals surface area (Å²) in [6.07, 6.45) is 0.427. The van der Waals surface area contributed by atoms with E-state index in [2.05, 4.69) is 10.3 Å². The molecule has 2 aromatic carbocycles. The molecule has 3 aromatic rings. The molecule has 0 radical (unpaired) electrons. The molecule has 3 unspecified atom stereocenters. The van der Waals surface area contributed by atoms with Crippen molar-refractivity contribution in [2.45, 2.75) is 69.9 Å². The number of aliphatic hydroxyl groups excluding tert-OH is 1. The minimum absolute atomic E-state index is 0.0101. The number of Topliss-reactive ketones (excluding diaryl/α,β-unsaturated/α-hetero) is 1. The summed E-state index contributed by atoms with van der Waals surface area (Å²) in [6, 6.07) is 13.5. The topological polar surface area (TPSA) is 117 Å². The normalized spacial score (nSPS) is 14.3. The Kier molecular flexibility index (Phi) is 11.0. The van der Waals surface area contributed by atoms with E-state index in [9.17, 15) is 23.1 Å². The summed E-state index contributed by atoms with van der Waals surface area (Å²) in [5.41, 5.74) is 3.30. The van der Waals surface area contributed by atoms with Crippen LogP contribution in [0.2, 0.25) is 0 Å². The summed E-state index contributed by atoms with van der Waals surface area (Å²) in [5.74, 6) is -0.297. The number of ketones is 1. The van der Waals surface area contributed by atoms with E-state index in [4.69, 9.17) is 0 Å². The number of benzene rings is 2. The molecule has 8 nitrogen and oxygen atoms in total. The van der Waals surface area contributed by atoms with Crippen molar-refractivity contribution in [2.24, 2.45) is 5.92 Å².